The van der Waals surface area contributed by atoms with E-state index < -0.39 is 0 Å². The Hall–Kier alpha value is -1.32. The van der Waals surface area contributed by atoms with Gasteiger partial charge in [0.2, 0.25) is 0 Å². The number of nitrogens with one attached hydrogen (secondary N) is 1. The van der Waals surface area contributed by atoms with Gasteiger partial charge in [0.15, 0.2) is 0 Å². The molecule has 1 atom stereocenters. The third-order valence-electron chi connectivity index (χ3n) is 1.77. The molecule has 0 radical (unpaired) electrons. The molecule has 2 rings (SSSR count). The van der Waals surface area contributed by atoms with Gasteiger partial charge in [-0.1, -0.05) is 0 Å². The highest BCUT2D eigenvalue weighted by Crippen LogP contribution is 2.05. The summed E-state index contributed by atoms with van der Waals surface area (Å²) in [4.78, 5) is 11.2. The standard InChI is InChI=1S/C7H9N3O/c1-5-4-10-6(2-3-8-10)7(11)9-5/h2-3,5H,4H2,1H3,(H,9,11)/t5-/m0/s1. The largest absolute Gasteiger partial charge is 0.346 e. The van der Waals surface area contributed by atoms with Gasteiger partial charge in [-0.3, -0.25) is 9.48 Å². The second-order valence-corrected chi connectivity index (χ2v) is 2.77. The average molecular weight is 151 g/mol. The summed E-state index contributed by atoms with van der Waals surface area (Å²) in [6, 6.07) is 1.91. The number of hydrogen-bond acceptors (Lipinski definition) is 2. The van der Waals surface area contributed by atoms with Crippen molar-refractivity contribution in [3.8, 4) is 0 Å². The van der Waals surface area contributed by atoms with E-state index >= 15 is 0 Å². The van der Waals surface area contributed by atoms with E-state index in [0.29, 0.717) is 5.69 Å². The number of carbonyl (C=O) groups is 1. The number of amides is 1. The second-order valence-electron chi connectivity index (χ2n) is 2.77. The Morgan fingerprint density at radius 1 is 1.82 bits per heavy atom. The van der Waals surface area contributed by atoms with Gasteiger partial charge in [0.05, 0.1) is 6.54 Å². The lowest BCUT2D eigenvalue weighted by atomic mass is 10.2. The lowest BCUT2D eigenvalue weighted by Crippen LogP contribution is -2.42. The Morgan fingerprint density at radius 2 is 2.64 bits per heavy atom. The third kappa shape index (κ3) is 0.906. The van der Waals surface area contributed by atoms with Gasteiger partial charge < -0.3 is 5.32 Å². The minimum atomic E-state index is -0.0266. The first kappa shape index (κ1) is 6.39. The van der Waals surface area contributed by atoms with Gasteiger partial charge in [0.25, 0.3) is 5.91 Å². The molecule has 1 aromatic heterocycles. The van der Waals surface area contributed by atoms with E-state index in [4.69, 9.17) is 0 Å². The first-order valence-electron chi connectivity index (χ1n) is 3.60. The van der Waals surface area contributed by atoms with Gasteiger partial charge in [-0.2, -0.15) is 5.10 Å². The summed E-state index contributed by atoms with van der Waals surface area (Å²) in [6.45, 7) is 2.73. The number of rotatable bonds is 0. The Bertz CT molecular complexity index is 292. The summed E-state index contributed by atoms with van der Waals surface area (Å²) >= 11 is 0. The minimum absolute atomic E-state index is 0.0266. The molecule has 4 heteroatoms. The monoisotopic (exact) mass is 151 g/mol. The van der Waals surface area contributed by atoms with E-state index in [1.807, 2.05) is 6.92 Å². The minimum Gasteiger partial charge on any atom is -0.346 e. The number of fused-ring (bicyclic) bond motifs is 1. The van der Waals surface area contributed by atoms with Crippen LogP contribution in [0, 0.1) is 0 Å². The highest BCUT2D eigenvalue weighted by Gasteiger charge is 2.20. The maximum Gasteiger partial charge on any atom is 0.269 e. The summed E-state index contributed by atoms with van der Waals surface area (Å²) < 4.78 is 1.73. The number of hydrogen-bond donors (Lipinski definition) is 1. The van der Waals surface area contributed by atoms with E-state index in [1.165, 1.54) is 0 Å². The van der Waals surface area contributed by atoms with Gasteiger partial charge in [-0.25, -0.2) is 0 Å². The maximum absolute atomic E-state index is 11.2. The van der Waals surface area contributed by atoms with Crippen molar-refractivity contribution in [3.63, 3.8) is 0 Å². The summed E-state index contributed by atoms with van der Waals surface area (Å²) in [5.74, 6) is -0.0266. The van der Waals surface area contributed by atoms with E-state index in [9.17, 15) is 4.79 Å². The molecule has 58 valence electrons. The smallest absolute Gasteiger partial charge is 0.269 e. The van der Waals surface area contributed by atoms with Crippen LogP contribution in [0.3, 0.4) is 0 Å². The molecule has 0 aromatic carbocycles. The maximum atomic E-state index is 11.2. The van der Waals surface area contributed by atoms with Crippen molar-refractivity contribution in [2.75, 3.05) is 0 Å². The number of aromatic nitrogens is 2. The zero-order chi connectivity index (χ0) is 7.84. The molecule has 0 fully saturated rings. The molecule has 0 saturated carbocycles. The molecule has 1 aromatic rings. The molecule has 2 heterocycles. The molecule has 0 bridgehead atoms. The Kier molecular flexibility index (Phi) is 1.21. The van der Waals surface area contributed by atoms with Gasteiger partial charge in [0.1, 0.15) is 5.69 Å². The van der Waals surface area contributed by atoms with Crippen molar-refractivity contribution in [2.45, 2.75) is 19.5 Å². The van der Waals surface area contributed by atoms with Crippen LogP contribution in [0.15, 0.2) is 12.3 Å². The number of nitrogens with zero attached hydrogens (tertiary/aromatic N) is 2. The van der Waals surface area contributed by atoms with Gasteiger partial charge in [-0.15, -0.1) is 0 Å². The lowest BCUT2D eigenvalue weighted by Gasteiger charge is -2.20. The van der Waals surface area contributed by atoms with Crippen LogP contribution in [-0.4, -0.2) is 21.7 Å². The molecule has 0 saturated heterocycles. The highest BCUT2D eigenvalue weighted by molar-refractivity contribution is 5.93. The predicted molar refractivity (Wildman–Crippen MR) is 39.2 cm³/mol. The zero-order valence-corrected chi connectivity index (χ0v) is 6.24. The Morgan fingerprint density at radius 3 is 3.45 bits per heavy atom. The Balaban J connectivity index is 2.44. The van der Waals surface area contributed by atoms with Gasteiger partial charge in [0, 0.05) is 12.2 Å². The van der Waals surface area contributed by atoms with Crippen LogP contribution in [-0.2, 0) is 6.54 Å². The summed E-state index contributed by atoms with van der Waals surface area (Å²) in [6.07, 6.45) is 1.65. The Labute approximate surface area is 64.2 Å². The first-order valence-corrected chi connectivity index (χ1v) is 3.60. The zero-order valence-electron chi connectivity index (χ0n) is 6.24. The van der Waals surface area contributed by atoms with Crippen molar-refractivity contribution in [1.82, 2.24) is 15.1 Å². The van der Waals surface area contributed by atoms with Crippen LogP contribution in [0.4, 0.5) is 0 Å². The van der Waals surface area contributed by atoms with Crippen LogP contribution in [0.5, 0.6) is 0 Å². The quantitative estimate of drug-likeness (QED) is 0.568. The molecule has 11 heavy (non-hydrogen) atoms. The molecule has 1 aliphatic rings. The molecule has 1 aliphatic heterocycles. The van der Waals surface area contributed by atoms with E-state index in [0.717, 1.165) is 6.54 Å². The molecule has 0 aliphatic carbocycles. The van der Waals surface area contributed by atoms with Crippen molar-refractivity contribution >= 4 is 5.91 Å². The summed E-state index contributed by atoms with van der Waals surface area (Å²) in [5, 5.41) is 6.84. The molecule has 0 unspecified atom stereocenters. The van der Waals surface area contributed by atoms with Crippen LogP contribution < -0.4 is 5.32 Å². The van der Waals surface area contributed by atoms with Crippen molar-refractivity contribution in [3.05, 3.63) is 18.0 Å². The molecular weight excluding hydrogens is 142 g/mol. The van der Waals surface area contributed by atoms with Gasteiger partial charge in [-0.05, 0) is 13.0 Å². The highest BCUT2D eigenvalue weighted by atomic mass is 16.2. The number of carbonyl (C=O) groups excluding carboxylic acids is 1. The van der Waals surface area contributed by atoms with Crippen LogP contribution in [0.1, 0.15) is 17.4 Å². The average Bonchev–Trinajstić information content (AvgIpc) is 2.34. The fourth-order valence-corrected chi connectivity index (χ4v) is 1.27. The molecule has 1 N–H and O–H groups in total. The molecule has 4 nitrogen and oxygen atoms in total. The topological polar surface area (TPSA) is 46.9 Å². The molecule has 0 spiro atoms. The molecular formula is C7H9N3O. The van der Waals surface area contributed by atoms with Crippen molar-refractivity contribution < 1.29 is 4.79 Å². The summed E-state index contributed by atoms with van der Waals surface area (Å²) in [7, 11) is 0. The van der Waals surface area contributed by atoms with Crippen LogP contribution in [0.2, 0.25) is 0 Å². The SMILES string of the molecule is C[C@H]1Cn2nccc2C(=O)N1. The van der Waals surface area contributed by atoms with Crippen molar-refractivity contribution in [2.24, 2.45) is 0 Å². The normalized spacial score (nSPS) is 22.6. The predicted octanol–water partition coefficient (Wildman–Crippen LogP) is 0.0150. The second kappa shape index (κ2) is 2.08. The molecule has 1 amide bonds. The fourth-order valence-electron chi connectivity index (χ4n) is 1.27. The lowest BCUT2D eigenvalue weighted by molar-refractivity contribution is 0.0901. The van der Waals surface area contributed by atoms with E-state index in [2.05, 4.69) is 10.4 Å². The van der Waals surface area contributed by atoms with Crippen LogP contribution in [0.25, 0.3) is 0 Å². The third-order valence-corrected chi connectivity index (χ3v) is 1.77. The van der Waals surface area contributed by atoms with E-state index in [-0.39, 0.29) is 11.9 Å². The van der Waals surface area contributed by atoms with Gasteiger partial charge >= 0.3 is 0 Å². The summed E-state index contributed by atoms with van der Waals surface area (Å²) in [5.41, 5.74) is 0.656. The van der Waals surface area contributed by atoms with E-state index in [1.54, 1.807) is 16.9 Å². The fraction of sp³-hybridized carbons (Fsp3) is 0.429. The van der Waals surface area contributed by atoms with Crippen molar-refractivity contribution in [1.29, 1.82) is 0 Å². The first-order chi connectivity index (χ1) is 5.27. The van der Waals surface area contributed by atoms with Crippen LogP contribution >= 0.6 is 0 Å².